The predicted octanol–water partition coefficient (Wildman–Crippen LogP) is 4.11. The maximum atomic E-state index is 12.2. The first kappa shape index (κ1) is 17.0. The molecule has 1 aliphatic carbocycles. The Morgan fingerprint density at radius 1 is 1.27 bits per heavy atom. The number of aliphatic hydroxyl groups is 1. The van der Waals surface area contributed by atoms with E-state index in [1.54, 1.807) is 0 Å². The summed E-state index contributed by atoms with van der Waals surface area (Å²) in [6.45, 7) is 6.61. The predicted molar refractivity (Wildman–Crippen MR) is 87.2 cm³/mol. The molecule has 0 bridgehead atoms. The Balaban J connectivity index is 1.92. The fraction of sp³-hybridized carbons (Fsp3) is 0.632. The minimum Gasteiger partial charge on any atom is -0.462 e. The number of ether oxygens (including phenoxy) is 1. The molecule has 1 aromatic rings. The van der Waals surface area contributed by atoms with E-state index in [1.165, 1.54) is 6.42 Å². The van der Waals surface area contributed by atoms with Gasteiger partial charge in [0.15, 0.2) is 0 Å². The lowest BCUT2D eigenvalue weighted by Gasteiger charge is -2.36. The fourth-order valence-corrected chi connectivity index (χ4v) is 3.42. The van der Waals surface area contributed by atoms with Gasteiger partial charge in [-0.3, -0.25) is 4.79 Å². The van der Waals surface area contributed by atoms with E-state index < -0.39 is 6.10 Å². The molecule has 0 unspecified atom stereocenters. The third-order valence-corrected chi connectivity index (χ3v) is 4.79. The highest BCUT2D eigenvalue weighted by Crippen LogP contribution is 2.35. The van der Waals surface area contributed by atoms with Gasteiger partial charge in [0.05, 0.1) is 12.5 Å². The molecule has 122 valence electrons. The molecule has 22 heavy (non-hydrogen) atoms. The van der Waals surface area contributed by atoms with E-state index in [9.17, 15) is 9.90 Å². The molecule has 2 rings (SSSR count). The minimum absolute atomic E-state index is 0.000719. The molecular weight excluding hydrogens is 276 g/mol. The standard InChI is InChI=1S/C19H28O3/c1-13(2)16-10-9-14(3)11-18(16)22-19(21)12-17(20)15-7-5-4-6-8-15/h4-8,13-14,16-18,20H,9-12H2,1-3H3/t14-,16+,17-,18-/m0/s1. The van der Waals surface area contributed by atoms with Crippen molar-refractivity contribution in [3.63, 3.8) is 0 Å². The second-order valence-corrected chi connectivity index (χ2v) is 6.99. The van der Waals surface area contributed by atoms with E-state index >= 15 is 0 Å². The lowest BCUT2D eigenvalue weighted by atomic mass is 9.75. The topological polar surface area (TPSA) is 46.5 Å². The summed E-state index contributed by atoms with van der Waals surface area (Å²) in [6.07, 6.45) is 2.52. The molecule has 0 spiro atoms. The van der Waals surface area contributed by atoms with Crippen molar-refractivity contribution in [3.05, 3.63) is 35.9 Å². The van der Waals surface area contributed by atoms with Crippen LogP contribution >= 0.6 is 0 Å². The van der Waals surface area contributed by atoms with Gasteiger partial charge in [0.1, 0.15) is 6.10 Å². The summed E-state index contributed by atoms with van der Waals surface area (Å²) in [5.74, 6) is 1.27. The van der Waals surface area contributed by atoms with Crippen LogP contribution in [0.15, 0.2) is 30.3 Å². The summed E-state index contributed by atoms with van der Waals surface area (Å²) in [5, 5.41) is 10.1. The van der Waals surface area contributed by atoms with E-state index in [4.69, 9.17) is 4.74 Å². The Morgan fingerprint density at radius 3 is 2.59 bits per heavy atom. The molecule has 1 saturated carbocycles. The number of carbonyl (C=O) groups is 1. The number of aliphatic hydroxyl groups excluding tert-OH is 1. The van der Waals surface area contributed by atoms with Crippen LogP contribution in [0.3, 0.4) is 0 Å². The second kappa shape index (κ2) is 7.77. The third kappa shape index (κ3) is 4.57. The number of rotatable bonds is 5. The van der Waals surface area contributed by atoms with E-state index in [1.807, 2.05) is 30.3 Å². The maximum absolute atomic E-state index is 12.2. The van der Waals surface area contributed by atoms with Crippen molar-refractivity contribution in [2.24, 2.45) is 17.8 Å². The van der Waals surface area contributed by atoms with Crippen molar-refractivity contribution in [3.8, 4) is 0 Å². The van der Waals surface area contributed by atoms with Crippen LogP contribution in [0.1, 0.15) is 58.1 Å². The lowest BCUT2D eigenvalue weighted by Crippen LogP contribution is -2.36. The van der Waals surface area contributed by atoms with Gasteiger partial charge in [0.2, 0.25) is 0 Å². The summed E-state index contributed by atoms with van der Waals surface area (Å²) in [7, 11) is 0. The van der Waals surface area contributed by atoms with Crippen LogP contribution in [0.25, 0.3) is 0 Å². The fourth-order valence-electron chi connectivity index (χ4n) is 3.42. The summed E-state index contributed by atoms with van der Waals surface area (Å²) >= 11 is 0. The van der Waals surface area contributed by atoms with Crippen LogP contribution in [-0.2, 0) is 9.53 Å². The molecule has 0 amide bonds. The number of esters is 1. The van der Waals surface area contributed by atoms with Crippen molar-refractivity contribution in [2.75, 3.05) is 0 Å². The van der Waals surface area contributed by atoms with Crippen LogP contribution in [-0.4, -0.2) is 17.2 Å². The average molecular weight is 304 g/mol. The van der Waals surface area contributed by atoms with E-state index in [2.05, 4.69) is 20.8 Å². The highest BCUT2D eigenvalue weighted by atomic mass is 16.5. The van der Waals surface area contributed by atoms with Gasteiger partial charge in [-0.15, -0.1) is 0 Å². The molecule has 1 aliphatic rings. The zero-order valence-electron chi connectivity index (χ0n) is 13.9. The molecule has 3 nitrogen and oxygen atoms in total. The Morgan fingerprint density at radius 2 is 1.95 bits per heavy atom. The van der Waals surface area contributed by atoms with Crippen LogP contribution < -0.4 is 0 Å². The molecule has 0 aromatic heterocycles. The van der Waals surface area contributed by atoms with Gasteiger partial charge >= 0.3 is 5.97 Å². The van der Waals surface area contributed by atoms with Crippen LogP contribution in [0.4, 0.5) is 0 Å². The summed E-state index contributed by atoms with van der Waals surface area (Å²) in [5.41, 5.74) is 0.761. The van der Waals surface area contributed by atoms with Gasteiger partial charge in [-0.2, -0.15) is 0 Å². The number of benzene rings is 1. The van der Waals surface area contributed by atoms with Crippen LogP contribution in [0.5, 0.6) is 0 Å². The highest BCUT2D eigenvalue weighted by molar-refractivity contribution is 5.70. The van der Waals surface area contributed by atoms with Gasteiger partial charge in [0, 0.05) is 0 Å². The summed E-state index contributed by atoms with van der Waals surface area (Å²) in [6, 6.07) is 9.28. The molecule has 1 fully saturated rings. The van der Waals surface area contributed by atoms with Crippen molar-refractivity contribution in [2.45, 2.75) is 58.7 Å². The Kier molecular flexibility index (Phi) is 6.01. The zero-order chi connectivity index (χ0) is 16.1. The average Bonchev–Trinajstić information content (AvgIpc) is 2.47. The molecule has 0 radical (unpaired) electrons. The summed E-state index contributed by atoms with van der Waals surface area (Å²) < 4.78 is 5.73. The lowest BCUT2D eigenvalue weighted by molar-refractivity contribution is -0.158. The number of carbonyl (C=O) groups excluding carboxylic acids is 1. The number of hydrogen-bond acceptors (Lipinski definition) is 3. The second-order valence-electron chi connectivity index (χ2n) is 6.99. The first-order chi connectivity index (χ1) is 10.5. The van der Waals surface area contributed by atoms with Gasteiger partial charge < -0.3 is 9.84 Å². The smallest absolute Gasteiger partial charge is 0.309 e. The van der Waals surface area contributed by atoms with Crippen molar-refractivity contribution < 1.29 is 14.6 Å². The van der Waals surface area contributed by atoms with Gasteiger partial charge in [-0.05, 0) is 36.2 Å². The molecule has 1 aromatic carbocycles. The zero-order valence-corrected chi connectivity index (χ0v) is 13.9. The molecule has 3 heteroatoms. The largest absolute Gasteiger partial charge is 0.462 e. The molecule has 0 heterocycles. The van der Waals surface area contributed by atoms with E-state index in [0.29, 0.717) is 17.8 Å². The van der Waals surface area contributed by atoms with E-state index in [-0.39, 0.29) is 18.5 Å². The Bertz CT molecular complexity index is 469. The molecule has 4 atom stereocenters. The molecule has 0 aliphatic heterocycles. The van der Waals surface area contributed by atoms with Crippen molar-refractivity contribution in [1.82, 2.24) is 0 Å². The van der Waals surface area contributed by atoms with Crippen LogP contribution in [0, 0.1) is 17.8 Å². The molecular formula is C19H28O3. The SMILES string of the molecule is CC(C)[C@H]1CC[C@H](C)C[C@@H]1OC(=O)C[C@H](O)c1ccccc1. The Labute approximate surface area is 133 Å². The van der Waals surface area contributed by atoms with Crippen molar-refractivity contribution in [1.29, 1.82) is 0 Å². The minimum atomic E-state index is -0.785. The quantitative estimate of drug-likeness (QED) is 0.833. The monoisotopic (exact) mass is 304 g/mol. The third-order valence-electron chi connectivity index (χ3n) is 4.79. The molecule has 1 N–H and O–H groups in total. The normalized spacial score (nSPS) is 26.7. The highest BCUT2D eigenvalue weighted by Gasteiger charge is 2.33. The maximum Gasteiger partial charge on any atom is 0.309 e. The van der Waals surface area contributed by atoms with Crippen LogP contribution in [0.2, 0.25) is 0 Å². The summed E-state index contributed by atoms with van der Waals surface area (Å²) in [4.78, 5) is 12.2. The van der Waals surface area contributed by atoms with Crippen molar-refractivity contribution >= 4 is 5.97 Å². The van der Waals surface area contributed by atoms with Gasteiger partial charge in [-0.1, -0.05) is 57.5 Å². The van der Waals surface area contributed by atoms with Gasteiger partial charge in [-0.25, -0.2) is 0 Å². The van der Waals surface area contributed by atoms with Gasteiger partial charge in [0.25, 0.3) is 0 Å². The molecule has 0 saturated heterocycles. The number of hydrogen-bond donors (Lipinski definition) is 1. The van der Waals surface area contributed by atoms with E-state index in [0.717, 1.165) is 18.4 Å². The Hall–Kier alpha value is -1.35. The first-order valence-electron chi connectivity index (χ1n) is 8.40. The first-order valence-corrected chi connectivity index (χ1v) is 8.40.